The molecule has 0 saturated carbocycles. The first-order chi connectivity index (χ1) is 10.1. The predicted molar refractivity (Wildman–Crippen MR) is 79.6 cm³/mol. The van der Waals surface area contributed by atoms with Crippen molar-refractivity contribution in [3.63, 3.8) is 0 Å². The molecule has 1 heterocycles. The van der Waals surface area contributed by atoms with E-state index < -0.39 is 4.92 Å². The molecule has 0 aliphatic heterocycles. The van der Waals surface area contributed by atoms with Crippen LogP contribution in [-0.4, -0.2) is 28.5 Å². The number of hydrogen-bond donors (Lipinski definition) is 1. The van der Waals surface area contributed by atoms with Gasteiger partial charge in [-0.3, -0.25) is 10.1 Å². The molecule has 2 aromatic rings. The maximum Gasteiger partial charge on any atom is 0.313 e. The maximum absolute atomic E-state index is 11.2. The summed E-state index contributed by atoms with van der Waals surface area (Å²) >= 11 is 0. The van der Waals surface area contributed by atoms with Crippen molar-refractivity contribution in [1.82, 2.24) is 9.97 Å². The van der Waals surface area contributed by atoms with Gasteiger partial charge < -0.3 is 10.1 Å². The second kappa shape index (κ2) is 6.17. The molecule has 0 spiro atoms. The molecular weight excluding hydrogens is 272 g/mol. The monoisotopic (exact) mass is 288 g/mol. The molecule has 1 N–H and O–H groups in total. The zero-order valence-electron chi connectivity index (χ0n) is 12.1. The van der Waals surface area contributed by atoms with E-state index in [9.17, 15) is 10.1 Å². The molecule has 2 rings (SSSR count). The average Bonchev–Trinajstić information content (AvgIpc) is 2.47. The first-order valence-electron chi connectivity index (χ1n) is 6.47. The summed E-state index contributed by atoms with van der Waals surface area (Å²) in [5.41, 5.74) is 1.63. The summed E-state index contributed by atoms with van der Waals surface area (Å²) in [5, 5.41) is 14.2. The molecule has 110 valence electrons. The SMILES string of the molecule is CCNc1ncc([N+](=O)[O-])c(-c2cc(C)ccc2OC)n1. The number of nitro groups is 1. The molecule has 1 aromatic heterocycles. The maximum atomic E-state index is 11.2. The number of aryl methyl sites for hydroxylation is 1. The van der Waals surface area contributed by atoms with E-state index in [0.717, 1.165) is 5.56 Å². The quantitative estimate of drug-likeness (QED) is 0.672. The number of methoxy groups -OCH3 is 1. The molecule has 0 aliphatic rings. The molecule has 0 atom stereocenters. The minimum absolute atomic E-state index is 0.152. The molecule has 0 radical (unpaired) electrons. The third-order valence-electron chi connectivity index (χ3n) is 2.91. The van der Waals surface area contributed by atoms with Gasteiger partial charge in [-0.2, -0.15) is 0 Å². The largest absolute Gasteiger partial charge is 0.496 e. The van der Waals surface area contributed by atoms with Gasteiger partial charge in [0.05, 0.1) is 12.0 Å². The number of benzene rings is 1. The average molecular weight is 288 g/mol. The molecular formula is C14H16N4O3. The van der Waals surface area contributed by atoms with Gasteiger partial charge in [0.2, 0.25) is 5.95 Å². The summed E-state index contributed by atoms with van der Waals surface area (Å²) in [6, 6.07) is 5.45. The van der Waals surface area contributed by atoms with Crippen molar-refractivity contribution in [3.05, 3.63) is 40.1 Å². The van der Waals surface area contributed by atoms with Crippen LogP contribution in [-0.2, 0) is 0 Å². The van der Waals surface area contributed by atoms with Crippen molar-refractivity contribution < 1.29 is 9.66 Å². The van der Waals surface area contributed by atoms with Gasteiger partial charge in [-0.1, -0.05) is 11.6 Å². The highest BCUT2D eigenvalue weighted by Crippen LogP contribution is 2.35. The summed E-state index contributed by atoms with van der Waals surface area (Å²) in [6.45, 7) is 4.43. The van der Waals surface area contributed by atoms with E-state index >= 15 is 0 Å². The van der Waals surface area contributed by atoms with E-state index in [2.05, 4.69) is 15.3 Å². The van der Waals surface area contributed by atoms with Crippen LogP contribution < -0.4 is 10.1 Å². The minimum Gasteiger partial charge on any atom is -0.496 e. The normalized spacial score (nSPS) is 10.2. The second-order valence-electron chi connectivity index (χ2n) is 4.42. The lowest BCUT2D eigenvalue weighted by atomic mass is 10.1. The third-order valence-corrected chi connectivity index (χ3v) is 2.91. The summed E-state index contributed by atoms with van der Waals surface area (Å²) in [6.07, 6.45) is 1.21. The zero-order valence-corrected chi connectivity index (χ0v) is 12.1. The van der Waals surface area contributed by atoms with Gasteiger partial charge in [0.25, 0.3) is 0 Å². The summed E-state index contributed by atoms with van der Waals surface area (Å²) in [5.74, 6) is 0.881. The lowest BCUT2D eigenvalue weighted by Crippen LogP contribution is -2.05. The Morgan fingerprint density at radius 1 is 1.43 bits per heavy atom. The Kier molecular flexibility index (Phi) is 4.32. The van der Waals surface area contributed by atoms with E-state index in [1.54, 1.807) is 6.07 Å². The van der Waals surface area contributed by atoms with Gasteiger partial charge in [0, 0.05) is 12.1 Å². The van der Waals surface area contributed by atoms with Crippen molar-refractivity contribution in [2.75, 3.05) is 19.0 Å². The molecule has 7 heteroatoms. The van der Waals surface area contributed by atoms with Crippen LogP contribution in [0.15, 0.2) is 24.4 Å². The van der Waals surface area contributed by atoms with Crippen LogP contribution in [0.4, 0.5) is 11.6 Å². The molecule has 0 unspecified atom stereocenters. The molecule has 21 heavy (non-hydrogen) atoms. The number of aromatic nitrogens is 2. The molecule has 0 bridgehead atoms. The smallest absolute Gasteiger partial charge is 0.313 e. The Morgan fingerprint density at radius 2 is 2.19 bits per heavy atom. The highest BCUT2D eigenvalue weighted by Gasteiger charge is 2.21. The van der Waals surface area contributed by atoms with Crippen molar-refractivity contribution in [2.45, 2.75) is 13.8 Å². The number of rotatable bonds is 5. The minimum atomic E-state index is -0.493. The van der Waals surface area contributed by atoms with Gasteiger partial charge in [-0.25, -0.2) is 9.97 Å². The number of hydrogen-bond acceptors (Lipinski definition) is 6. The van der Waals surface area contributed by atoms with Crippen LogP contribution in [0.1, 0.15) is 12.5 Å². The van der Waals surface area contributed by atoms with Gasteiger partial charge in [-0.05, 0) is 26.0 Å². The van der Waals surface area contributed by atoms with Gasteiger partial charge in [-0.15, -0.1) is 0 Å². The zero-order chi connectivity index (χ0) is 15.4. The molecule has 7 nitrogen and oxygen atoms in total. The number of nitrogens with zero attached hydrogens (tertiary/aromatic N) is 3. The summed E-state index contributed by atoms with van der Waals surface area (Å²) < 4.78 is 5.29. The Labute approximate surface area is 122 Å². The van der Waals surface area contributed by atoms with Crippen LogP contribution in [0.25, 0.3) is 11.3 Å². The topological polar surface area (TPSA) is 90.2 Å². The Hall–Kier alpha value is -2.70. The number of ether oxygens (including phenoxy) is 1. The third kappa shape index (κ3) is 3.07. The fourth-order valence-electron chi connectivity index (χ4n) is 1.96. The first kappa shape index (κ1) is 14.7. The standard InChI is InChI=1S/C14H16N4O3/c1-4-15-14-16-8-11(18(19)20)13(17-14)10-7-9(2)5-6-12(10)21-3/h5-8H,4H2,1-3H3,(H,15,16,17). The van der Waals surface area contributed by atoms with Crippen molar-refractivity contribution in [3.8, 4) is 17.0 Å². The van der Waals surface area contributed by atoms with E-state index in [-0.39, 0.29) is 11.4 Å². The molecule has 0 fully saturated rings. The highest BCUT2D eigenvalue weighted by molar-refractivity contribution is 5.75. The van der Waals surface area contributed by atoms with Crippen LogP contribution >= 0.6 is 0 Å². The van der Waals surface area contributed by atoms with Gasteiger partial charge in [0.15, 0.2) is 5.69 Å². The molecule has 1 aromatic carbocycles. The summed E-state index contributed by atoms with van der Waals surface area (Å²) in [4.78, 5) is 18.9. The Balaban J connectivity index is 2.67. The molecule has 0 saturated heterocycles. The second-order valence-corrected chi connectivity index (χ2v) is 4.42. The summed E-state index contributed by atoms with van der Waals surface area (Å²) in [7, 11) is 1.52. The van der Waals surface area contributed by atoms with E-state index in [1.807, 2.05) is 26.0 Å². The fraction of sp³-hybridized carbons (Fsp3) is 0.286. The lowest BCUT2D eigenvalue weighted by molar-refractivity contribution is -0.384. The molecule has 0 amide bonds. The number of nitrogens with one attached hydrogen (secondary N) is 1. The highest BCUT2D eigenvalue weighted by atomic mass is 16.6. The van der Waals surface area contributed by atoms with Crippen molar-refractivity contribution in [1.29, 1.82) is 0 Å². The van der Waals surface area contributed by atoms with E-state index in [0.29, 0.717) is 23.8 Å². The lowest BCUT2D eigenvalue weighted by Gasteiger charge is -2.10. The van der Waals surface area contributed by atoms with E-state index in [4.69, 9.17) is 4.74 Å². The van der Waals surface area contributed by atoms with E-state index in [1.165, 1.54) is 13.3 Å². The van der Waals surface area contributed by atoms with Crippen LogP contribution in [0, 0.1) is 17.0 Å². The van der Waals surface area contributed by atoms with Crippen LogP contribution in [0.2, 0.25) is 0 Å². The Bertz CT molecular complexity index is 673. The van der Waals surface area contributed by atoms with Gasteiger partial charge in [0.1, 0.15) is 11.9 Å². The fourth-order valence-corrected chi connectivity index (χ4v) is 1.96. The van der Waals surface area contributed by atoms with Crippen molar-refractivity contribution in [2.24, 2.45) is 0 Å². The van der Waals surface area contributed by atoms with Crippen LogP contribution in [0.5, 0.6) is 5.75 Å². The van der Waals surface area contributed by atoms with Crippen LogP contribution in [0.3, 0.4) is 0 Å². The van der Waals surface area contributed by atoms with Crippen molar-refractivity contribution >= 4 is 11.6 Å². The first-order valence-corrected chi connectivity index (χ1v) is 6.47. The molecule has 0 aliphatic carbocycles. The Morgan fingerprint density at radius 3 is 2.81 bits per heavy atom. The predicted octanol–water partition coefficient (Wildman–Crippen LogP) is 2.80. The number of anilines is 1. The van der Waals surface area contributed by atoms with Gasteiger partial charge >= 0.3 is 5.69 Å².